The maximum absolute atomic E-state index is 14.2. The van der Waals surface area contributed by atoms with Crippen molar-refractivity contribution in [1.29, 1.82) is 0 Å². The Labute approximate surface area is 258 Å². The van der Waals surface area contributed by atoms with E-state index in [1.165, 1.54) is 55.6 Å². The first-order chi connectivity index (χ1) is 20.8. The lowest BCUT2D eigenvalue weighted by molar-refractivity contribution is -0.121. The van der Waals surface area contributed by atoms with Crippen LogP contribution in [0, 0.1) is 5.41 Å². The van der Waals surface area contributed by atoms with Crippen LogP contribution in [0.3, 0.4) is 0 Å². The van der Waals surface area contributed by atoms with Gasteiger partial charge in [0.15, 0.2) is 12.5 Å². The number of halogens is 2. The van der Waals surface area contributed by atoms with Gasteiger partial charge < -0.3 is 15.2 Å². The number of rotatable bonds is 10. The highest BCUT2D eigenvalue weighted by atomic mass is 35.5. The number of nitrogens with one attached hydrogen (secondary N) is 1. The van der Waals surface area contributed by atoms with Crippen molar-refractivity contribution in [2.45, 2.75) is 32.7 Å². The minimum atomic E-state index is -1.26. The number of benzene rings is 3. The van der Waals surface area contributed by atoms with Crippen LogP contribution in [-0.4, -0.2) is 46.3 Å². The third kappa shape index (κ3) is 6.86. The molecule has 1 aromatic heterocycles. The summed E-state index contributed by atoms with van der Waals surface area (Å²) in [5.74, 6) is -3.21. The Morgan fingerprint density at radius 2 is 1.66 bits per heavy atom. The molecule has 1 amide bonds. The predicted molar refractivity (Wildman–Crippen MR) is 166 cm³/mol. The lowest BCUT2D eigenvalue weighted by Gasteiger charge is -2.37. The fourth-order valence-electron chi connectivity index (χ4n) is 5.18. The summed E-state index contributed by atoms with van der Waals surface area (Å²) in [4.78, 5) is 51.8. The predicted octanol–water partition coefficient (Wildman–Crippen LogP) is 6.43. The van der Waals surface area contributed by atoms with Gasteiger partial charge in [-0.2, -0.15) is 0 Å². The molecule has 4 rings (SSSR count). The number of carboxylic acids is 1. The summed E-state index contributed by atoms with van der Waals surface area (Å²) in [6.07, 6.45) is 0. The van der Waals surface area contributed by atoms with Gasteiger partial charge in [0.25, 0.3) is 5.56 Å². The molecule has 3 aromatic carbocycles. The molecule has 0 spiro atoms. The molecule has 1 heterocycles. The highest BCUT2D eigenvalue weighted by molar-refractivity contribution is 6.31. The number of carbonyl (C=O) groups is 3. The fourth-order valence-corrected chi connectivity index (χ4v) is 5.35. The first kappa shape index (κ1) is 32.1. The summed E-state index contributed by atoms with van der Waals surface area (Å²) >= 11 is 6.20. The molecule has 0 aliphatic rings. The van der Waals surface area contributed by atoms with Gasteiger partial charge in [-0.25, -0.2) is 13.9 Å². The van der Waals surface area contributed by atoms with Gasteiger partial charge in [-0.3, -0.25) is 14.4 Å². The molecule has 0 aliphatic heterocycles. The van der Waals surface area contributed by atoms with Gasteiger partial charge in [0.2, 0.25) is 11.8 Å². The lowest BCUT2D eigenvalue weighted by Crippen LogP contribution is -2.42. The second-order valence-corrected chi connectivity index (χ2v) is 11.6. The Morgan fingerprint density at radius 3 is 2.23 bits per heavy atom. The number of alkyl halides is 1. The van der Waals surface area contributed by atoms with Gasteiger partial charge in [0.05, 0.1) is 18.2 Å². The summed E-state index contributed by atoms with van der Waals surface area (Å²) in [7, 11) is 1.32. The zero-order chi connectivity index (χ0) is 32.2. The Bertz CT molecular complexity index is 1750. The largest absolute Gasteiger partial charge is 0.480 e. The Balaban J connectivity index is 1.93. The molecule has 9 nitrogen and oxygen atoms in total. The van der Waals surface area contributed by atoms with Gasteiger partial charge in [-0.15, -0.1) is 5.10 Å². The van der Waals surface area contributed by atoms with Crippen LogP contribution in [0.5, 0.6) is 5.88 Å². The zero-order valence-electron chi connectivity index (χ0n) is 24.5. The van der Waals surface area contributed by atoms with E-state index < -0.39 is 47.3 Å². The lowest BCUT2D eigenvalue weighted by atomic mass is 9.72. The maximum atomic E-state index is 14.2. The van der Waals surface area contributed by atoms with Gasteiger partial charge in [-0.1, -0.05) is 62.7 Å². The zero-order valence-corrected chi connectivity index (χ0v) is 25.3. The van der Waals surface area contributed by atoms with E-state index in [2.05, 4.69) is 10.4 Å². The van der Waals surface area contributed by atoms with E-state index in [4.69, 9.17) is 16.3 Å². The Kier molecular flexibility index (Phi) is 9.64. The summed E-state index contributed by atoms with van der Waals surface area (Å²) in [6.45, 7) is 4.54. The number of hydrogen-bond acceptors (Lipinski definition) is 6. The Hall–Kier alpha value is -4.83. The smallest absolute Gasteiger partial charge is 0.335 e. The number of amides is 1. The average Bonchev–Trinajstić information content (AvgIpc) is 2.99. The molecule has 0 bridgehead atoms. The second kappa shape index (κ2) is 13.2. The topological polar surface area (TPSA) is 128 Å². The number of Topliss-reactive ketones (excluding diaryl/α,β-unsaturated/α-hetero) is 1. The van der Waals surface area contributed by atoms with Crippen LogP contribution >= 0.6 is 11.6 Å². The number of carbonyl (C=O) groups excluding carboxylic acids is 2. The SMILES string of the molecule is COc1nn([C@H](C(=O)Nc2ccc(C(=O)O)cc2)[C@H](c2ccccc2)C(C)(C)C)c(=O)cc1-c1cc(Cl)ccc1C(=O)CF. The molecule has 4 aromatic rings. The van der Waals surface area contributed by atoms with E-state index in [0.29, 0.717) is 5.69 Å². The fraction of sp³-hybridized carbons (Fsp3) is 0.242. The molecule has 0 fully saturated rings. The molecule has 11 heteroatoms. The minimum Gasteiger partial charge on any atom is -0.480 e. The van der Waals surface area contributed by atoms with Crippen molar-refractivity contribution in [1.82, 2.24) is 9.78 Å². The van der Waals surface area contributed by atoms with Gasteiger partial charge in [0.1, 0.15) is 6.04 Å². The third-order valence-electron chi connectivity index (χ3n) is 7.15. The quantitative estimate of drug-likeness (QED) is 0.196. The number of methoxy groups -OCH3 is 1. The minimum absolute atomic E-state index is 0.00916. The third-order valence-corrected chi connectivity index (χ3v) is 7.38. The average molecular weight is 620 g/mol. The number of hydrogen-bond donors (Lipinski definition) is 2. The number of carboxylic acid groups (broad SMARTS) is 1. The standard InChI is InChI=1S/C33H31ClFN3O6/c1-33(2,3)28(19-8-6-5-7-9-19)29(30(41)36-22-13-10-20(11-14-22)32(42)43)38-27(40)17-25(31(37-38)44-4)24-16-21(34)12-15-23(24)26(39)18-35/h5-17,28-29H,18H2,1-4H3,(H,36,41)(H,42,43)/t28-,29-/m0/s1. The highest BCUT2D eigenvalue weighted by Gasteiger charge is 2.41. The molecule has 2 atom stereocenters. The second-order valence-electron chi connectivity index (χ2n) is 11.2. The first-order valence-electron chi connectivity index (χ1n) is 13.6. The molecule has 0 radical (unpaired) electrons. The number of ether oxygens (including phenoxy) is 1. The summed E-state index contributed by atoms with van der Waals surface area (Å²) in [6, 6.07) is 19.0. The molecular formula is C33H31ClFN3O6. The van der Waals surface area contributed by atoms with E-state index in [-0.39, 0.29) is 33.2 Å². The number of aromatic nitrogens is 2. The molecular weight excluding hydrogens is 589 g/mol. The van der Waals surface area contributed by atoms with Crippen LogP contribution in [0.2, 0.25) is 5.02 Å². The van der Waals surface area contributed by atoms with Gasteiger partial charge >= 0.3 is 5.97 Å². The summed E-state index contributed by atoms with van der Waals surface area (Å²) in [5.41, 5.74) is 0.0981. The molecule has 0 aliphatic carbocycles. The first-order valence-corrected chi connectivity index (χ1v) is 14.0. The van der Waals surface area contributed by atoms with Gasteiger partial charge in [-0.05, 0) is 59.0 Å². The molecule has 0 saturated carbocycles. The van der Waals surface area contributed by atoms with E-state index >= 15 is 0 Å². The highest BCUT2D eigenvalue weighted by Crippen LogP contribution is 2.44. The number of aromatic carboxylic acids is 1. The van der Waals surface area contributed by atoms with E-state index in [1.54, 1.807) is 0 Å². The van der Waals surface area contributed by atoms with E-state index in [1.807, 2.05) is 51.1 Å². The molecule has 44 heavy (non-hydrogen) atoms. The van der Waals surface area contributed by atoms with Crippen LogP contribution in [0.1, 0.15) is 59.0 Å². The molecule has 0 saturated heterocycles. The number of anilines is 1. The normalized spacial score (nSPS) is 12.7. The number of nitrogens with zero attached hydrogens (tertiary/aromatic N) is 2. The van der Waals surface area contributed by atoms with Crippen molar-refractivity contribution >= 4 is 34.9 Å². The summed E-state index contributed by atoms with van der Waals surface area (Å²) < 4.78 is 20.0. The van der Waals surface area contributed by atoms with E-state index in [9.17, 15) is 28.7 Å². The molecule has 2 N–H and O–H groups in total. The van der Waals surface area contributed by atoms with Crippen LogP contribution in [0.4, 0.5) is 10.1 Å². The molecule has 0 unspecified atom stereocenters. The van der Waals surface area contributed by atoms with Crippen LogP contribution in [0.25, 0.3) is 11.1 Å². The van der Waals surface area contributed by atoms with Crippen LogP contribution in [-0.2, 0) is 4.79 Å². The van der Waals surface area contributed by atoms with Crippen molar-refractivity contribution in [3.05, 3.63) is 111 Å². The van der Waals surface area contributed by atoms with Crippen molar-refractivity contribution in [3.8, 4) is 17.0 Å². The van der Waals surface area contributed by atoms with Gasteiger partial charge in [0, 0.05) is 28.3 Å². The Morgan fingerprint density at radius 1 is 1.00 bits per heavy atom. The van der Waals surface area contributed by atoms with E-state index in [0.717, 1.165) is 10.2 Å². The van der Waals surface area contributed by atoms with Crippen molar-refractivity contribution in [3.63, 3.8) is 0 Å². The molecule has 228 valence electrons. The number of ketones is 1. The van der Waals surface area contributed by atoms with Crippen molar-refractivity contribution in [2.75, 3.05) is 19.1 Å². The van der Waals surface area contributed by atoms with Crippen molar-refractivity contribution < 1.29 is 28.6 Å². The summed E-state index contributed by atoms with van der Waals surface area (Å²) in [5, 5.41) is 16.8. The monoisotopic (exact) mass is 619 g/mol. The maximum Gasteiger partial charge on any atom is 0.335 e. The van der Waals surface area contributed by atoms with Crippen LogP contribution in [0.15, 0.2) is 83.7 Å². The van der Waals surface area contributed by atoms with Crippen LogP contribution < -0.4 is 15.6 Å². The van der Waals surface area contributed by atoms with Crippen molar-refractivity contribution in [2.24, 2.45) is 5.41 Å².